The van der Waals surface area contributed by atoms with E-state index < -0.39 is 0 Å². The molecule has 0 spiro atoms. The van der Waals surface area contributed by atoms with Crippen LogP contribution in [0.15, 0.2) is 30.3 Å². The minimum absolute atomic E-state index is 0.382. The van der Waals surface area contributed by atoms with Crippen molar-refractivity contribution in [1.82, 2.24) is 9.80 Å². The summed E-state index contributed by atoms with van der Waals surface area (Å²) in [5.74, 6) is 0.993. The van der Waals surface area contributed by atoms with Gasteiger partial charge in [-0.1, -0.05) is 18.2 Å². The fraction of sp³-hybridized carbons (Fsp3) is 0.650. The number of benzene rings is 1. The molecule has 1 saturated carbocycles. The summed E-state index contributed by atoms with van der Waals surface area (Å²) in [5, 5.41) is 0. The molecule has 1 aromatic carbocycles. The second-order valence-corrected chi connectivity index (χ2v) is 7.62. The Balaban J connectivity index is 1.22. The molecule has 1 aromatic rings. The van der Waals surface area contributed by atoms with Crippen LogP contribution in [0, 0.1) is 5.92 Å². The van der Waals surface area contributed by atoms with Crippen molar-refractivity contribution in [3.63, 3.8) is 0 Å². The van der Waals surface area contributed by atoms with Gasteiger partial charge in [-0.15, -0.1) is 0 Å². The van der Waals surface area contributed by atoms with Gasteiger partial charge in [0.2, 0.25) is 5.91 Å². The van der Waals surface area contributed by atoms with Crippen LogP contribution in [0.1, 0.15) is 32.1 Å². The average molecular weight is 327 g/mol. The molecule has 4 nitrogen and oxygen atoms in total. The first-order valence-electron chi connectivity index (χ1n) is 9.61. The Bertz CT molecular complexity index is 541. The summed E-state index contributed by atoms with van der Waals surface area (Å²) in [4.78, 5) is 19.7. The maximum Gasteiger partial charge on any atom is 0.222 e. The average Bonchev–Trinajstić information content (AvgIpc) is 3.48. The zero-order valence-corrected chi connectivity index (χ0v) is 14.6. The normalized spacial score (nSPS) is 23.5. The van der Waals surface area contributed by atoms with Crippen molar-refractivity contribution >= 4 is 11.6 Å². The number of anilines is 1. The fourth-order valence-electron chi connectivity index (χ4n) is 4.19. The van der Waals surface area contributed by atoms with E-state index in [-0.39, 0.29) is 0 Å². The van der Waals surface area contributed by atoms with E-state index in [1.807, 2.05) is 0 Å². The van der Waals surface area contributed by atoms with Crippen LogP contribution in [0.3, 0.4) is 0 Å². The van der Waals surface area contributed by atoms with Gasteiger partial charge in [0.25, 0.3) is 0 Å². The summed E-state index contributed by atoms with van der Waals surface area (Å²) in [6.45, 7) is 6.07. The number of hydrogen-bond acceptors (Lipinski definition) is 3. The zero-order valence-electron chi connectivity index (χ0n) is 14.6. The Morgan fingerprint density at radius 2 is 1.54 bits per heavy atom. The van der Waals surface area contributed by atoms with Crippen molar-refractivity contribution in [2.24, 2.45) is 5.92 Å². The first-order valence-corrected chi connectivity index (χ1v) is 9.61. The summed E-state index contributed by atoms with van der Waals surface area (Å²) in [6, 6.07) is 11.4. The van der Waals surface area contributed by atoms with Gasteiger partial charge < -0.3 is 14.7 Å². The second-order valence-electron chi connectivity index (χ2n) is 7.62. The summed E-state index contributed by atoms with van der Waals surface area (Å²) < 4.78 is 0. The van der Waals surface area contributed by atoms with Crippen LogP contribution in [-0.4, -0.2) is 61.0 Å². The predicted molar refractivity (Wildman–Crippen MR) is 97.2 cm³/mol. The highest BCUT2D eigenvalue weighted by atomic mass is 16.2. The first kappa shape index (κ1) is 15.9. The van der Waals surface area contributed by atoms with Gasteiger partial charge in [0.05, 0.1) is 0 Å². The molecule has 2 saturated heterocycles. The van der Waals surface area contributed by atoms with Gasteiger partial charge in [-0.05, 0) is 56.8 Å². The SMILES string of the molecule is O=C(CC1CCN(C2CC2)CC1)N1CCN(c2ccccc2)CC1. The molecule has 4 heteroatoms. The van der Waals surface area contributed by atoms with Crippen LogP contribution in [0.2, 0.25) is 0 Å². The zero-order chi connectivity index (χ0) is 16.4. The molecule has 1 amide bonds. The predicted octanol–water partition coefficient (Wildman–Crippen LogP) is 2.60. The van der Waals surface area contributed by atoms with Crippen molar-refractivity contribution in [2.75, 3.05) is 44.2 Å². The van der Waals surface area contributed by atoms with Gasteiger partial charge in [0.1, 0.15) is 0 Å². The molecule has 0 N–H and O–H groups in total. The fourth-order valence-corrected chi connectivity index (χ4v) is 4.19. The quantitative estimate of drug-likeness (QED) is 0.850. The summed E-state index contributed by atoms with van der Waals surface area (Å²) in [7, 11) is 0. The van der Waals surface area contributed by atoms with Crippen molar-refractivity contribution in [2.45, 2.75) is 38.1 Å². The molecular formula is C20H29N3O. The maximum absolute atomic E-state index is 12.6. The third-order valence-corrected chi connectivity index (χ3v) is 5.93. The van der Waals surface area contributed by atoms with Gasteiger partial charge in [-0.2, -0.15) is 0 Å². The van der Waals surface area contributed by atoms with E-state index in [1.165, 1.54) is 44.5 Å². The largest absolute Gasteiger partial charge is 0.368 e. The Morgan fingerprint density at radius 1 is 0.875 bits per heavy atom. The summed E-state index contributed by atoms with van der Waals surface area (Å²) >= 11 is 0. The number of piperidine rings is 1. The maximum atomic E-state index is 12.6. The van der Waals surface area contributed by atoms with E-state index in [1.54, 1.807) is 0 Å². The molecule has 0 unspecified atom stereocenters. The molecule has 0 atom stereocenters. The van der Waals surface area contributed by atoms with Crippen LogP contribution in [0.4, 0.5) is 5.69 Å². The molecule has 0 bridgehead atoms. The van der Waals surface area contributed by atoms with Gasteiger partial charge >= 0.3 is 0 Å². The lowest BCUT2D eigenvalue weighted by molar-refractivity contribution is -0.132. The van der Waals surface area contributed by atoms with E-state index in [2.05, 4.69) is 45.0 Å². The highest BCUT2D eigenvalue weighted by Gasteiger charge is 2.33. The smallest absolute Gasteiger partial charge is 0.222 e. The summed E-state index contributed by atoms with van der Waals surface area (Å²) in [5.41, 5.74) is 1.28. The molecule has 1 aliphatic carbocycles. The number of nitrogens with zero attached hydrogens (tertiary/aromatic N) is 3. The van der Waals surface area contributed by atoms with Gasteiger partial charge in [0.15, 0.2) is 0 Å². The van der Waals surface area contributed by atoms with E-state index in [4.69, 9.17) is 0 Å². The summed E-state index contributed by atoms with van der Waals surface area (Å²) in [6.07, 6.45) is 5.99. The number of likely N-dealkylation sites (tertiary alicyclic amines) is 1. The number of rotatable bonds is 4. The van der Waals surface area contributed by atoms with Crippen molar-refractivity contribution < 1.29 is 4.79 Å². The monoisotopic (exact) mass is 327 g/mol. The van der Waals surface area contributed by atoms with Crippen molar-refractivity contribution in [1.29, 1.82) is 0 Å². The van der Waals surface area contributed by atoms with E-state index in [9.17, 15) is 4.79 Å². The molecule has 3 fully saturated rings. The minimum atomic E-state index is 0.382. The lowest BCUT2D eigenvalue weighted by atomic mass is 9.92. The molecule has 0 radical (unpaired) electrons. The molecule has 0 aromatic heterocycles. The molecule has 4 rings (SSSR count). The van der Waals surface area contributed by atoms with Crippen LogP contribution >= 0.6 is 0 Å². The van der Waals surface area contributed by atoms with Crippen LogP contribution in [0.5, 0.6) is 0 Å². The van der Waals surface area contributed by atoms with Gasteiger partial charge in [-0.25, -0.2) is 0 Å². The van der Waals surface area contributed by atoms with E-state index >= 15 is 0 Å². The van der Waals surface area contributed by atoms with E-state index in [0.29, 0.717) is 11.8 Å². The number of carbonyl (C=O) groups is 1. The highest BCUT2D eigenvalue weighted by molar-refractivity contribution is 5.76. The Morgan fingerprint density at radius 3 is 2.17 bits per heavy atom. The van der Waals surface area contributed by atoms with E-state index in [0.717, 1.165) is 38.6 Å². The molecule has 24 heavy (non-hydrogen) atoms. The number of piperazine rings is 1. The second kappa shape index (κ2) is 7.14. The number of para-hydroxylation sites is 1. The number of carbonyl (C=O) groups excluding carboxylic acids is 1. The first-order chi connectivity index (χ1) is 11.8. The van der Waals surface area contributed by atoms with Crippen LogP contribution in [-0.2, 0) is 4.79 Å². The Kier molecular flexibility index (Phi) is 4.74. The highest BCUT2D eigenvalue weighted by Crippen LogP contribution is 2.32. The standard InChI is InChI=1S/C20H29N3O/c24-20(16-17-8-10-21(11-9-17)19-6-7-19)23-14-12-22(13-15-23)18-4-2-1-3-5-18/h1-5,17,19H,6-16H2. The Labute approximate surface area is 145 Å². The Hall–Kier alpha value is -1.55. The minimum Gasteiger partial charge on any atom is -0.368 e. The van der Waals surface area contributed by atoms with Crippen LogP contribution < -0.4 is 4.90 Å². The third kappa shape index (κ3) is 3.75. The van der Waals surface area contributed by atoms with Crippen LogP contribution in [0.25, 0.3) is 0 Å². The van der Waals surface area contributed by atoms with Gasteiger partial charge in [0, 0.05) is 44.3 Å². The molecule has 2 aliphatic heterocycles. The third-order valence-electron chi connectivity index (χ3n) is 5.93. The van der Waals surface area contributed by atoms with Gasteiger partial charge in [-0.3, -0.25) is 4.79 Å². The lowest BCUT2D eigenvalue weighted by Gasteiger charge is -2.37. The molecule has 2 heterocycles. The molecule has 3 aliphatic rings. The number of hydrogen-bond donors (Lipinski definition) is 0. The lowest BCUT2D eigenvalue weighted by Crippen LogP contribution is -2.49. The van der Waals surface area contributed by atoms with Crippen molar-refractivity contribution in [3.05, 3.63) is 30.3 Å². The van der Waals surface area contributed by atoms with Crippen molar-refractivity contribution in [3.8, 4) is 0 Å². The molecule has 130 valence electrons. The number of amides is 1. The molecular weight excluding hydrogens is 298 g/mol. The topological polar surface area (TPSA) is 26.8 Å².